The number of hydrogen-bond donors (Lipinski definition) is 7. The van der Waals surface area contributed by atoms with Crippen LogP contribution in [0.3, 0.4) is 0 Å². The van der Waals surface area contributed by atoms with E-state index in [-0.39, 0.29) is 24.5 Å². The summed E-state index contributed by atoms with van der Waals surface area (Å²) in [6.07, 6.45) is 3.69. The quantitative estimate of drug-likeness (QED) is 0.172. The average molecular weight is 519 g/mol. The molecule has 0 radical (unpaired) electrons. The number of carboxylic acid groups (broad SMARTS) is 1. The van der Waals surface area contributed by atoms with Gasteiger partial charge in [0.25, 0.3) is 0 Å². The van der Waals surface area contributed by atoms with Crippen molar-refractivity contribution < 1.29 is 24.3 Å². The minimum absolute atomic E-state index is 0.0706. The van der Waals surface area contributed by atoms with Crippen LogP contribution in [0.2, 0.25) is 0 Å². The second-order valence-corrected chi connectivity index (χ2v) is 8.96. The molecule has 12 heteroatoms. The normalized spacial score (nSPS) is 15.1. The first-order valence-electron chi connectivity index (χ1n) is 11.7. The standard InChI is InChI=1S/C24H34N6O5S/c1-3-14(2)20(24(34)35)30-23(33)18(9-15-7-5-4-6-8-15)29-22(32)19(10-16-11-26-13-27-16)28-21(31)17(25)12-36/h4-8,11,13-14,17-20,36H,3,9-10,12,25H2,1-2H3,(H,26,27)(H,28,31)(H,29,32)(H,30,33)(H,34,35). The molecule has 0 saturated carbocycles. The van der Waals surface area contributed by atoms with Crippen molar-refractivity contribution in [1.29, 1.82) is 0 Å². The van der Waals surface area contributed by atoms with Crippen molar-refractivity contribution in [2.45, 2.75) is 57.3 Å². The van der Waals surface area contributed by atoms with Crippen molar-refractivity contribution in [3.8, 4) is 0 Å². The van der Waals surface area contributed by atoms with E-state index in [0.29, 0.717) is 12.1 Å². The predicted molar refractivity (Wildman–Crippen MR) is 137 cm³/mol. The number of H-pyrrole nitrogens is 1. The number of carbonyl (C=O) groups is 4. The molecule has 11 nitrogen and oxygen atoms in total. The molecule has 1 aromatic carbocycles. The van der Waals surface area contributed by atoms with Crippen LogP contribution in [0.4, 0.5) is 0 Å². The third-order valence-corrected chi connectivity index (χ3v) is 6.23. The van der Waals surface area contributed by atoms with Crippen molar-refractivity contribution in [2.75, 3.05) is 5.75 Å². The number of nitrogens with one attached hydrogen (secondary N) is 4. The Kier molecular flexibility index (Phi) is 11.4. The van der Waals surface area contributed by atoms with Crippen molar-refractivity contribution in [1.82, 2.24) is 25.9 Å². The number of aromatic nitrogens is 2. The van der Waals surface area contributed by atoms with E-state index in [1.807, 2.05) is 13.0 Å². The third-order valence-electron chi connectivity index (χ3n) is 5.84. The van der Waals surface area contributed by atoms with Crippen molar-refractivity contribution in [3.05, 3.63) is 54.1 Å². The molecule has 0 aliphatic rings. The number of aromatic amines is 1. The van der Waals surface area contributed by atoms with E-state index in [0.717, 1.165) is 5.56 Å². The highest BCUT2D eigenvalue weighted by Gasteiger charge is 2.32. The molecule has 0 fully saturated rings. The van der Waals surface area contributed by atoms with Gasteiger partial charge in [-0.2, -0.15) is 12.6 Å². The van der Waals surface area contributed by atoms with Gasteiger partial charge in [-0.3, -0.25) is 14.4 Å². The van der Waals surface area contributed by atoms with Gasteiger partial charge >= 0.3 is 5.97 Å². The zero-order valence-electron chi connectivity index (χ0n) is 20.3. The van der Waals surface area contributed by atoms with Gasteiger partial charge in [0.15, 0.2) is 0 Å². The number of carboxylic acids is 1. The highest BCUT2D eigenvalue weighted by Crippen LogP contribution is 2.10. The summed E-state index contributed by atoms with van der Waals surface area (Å²) >= 11 is 4.03. The van der Waals surface area contributed by atoms with Crippen LogP contribution in [0, 0.1) is 5.92 Å². The van der Waals surface area contributed by atoms with Crippen LogP contribution in [-0.2, 0) is 32.0 Å². The van der Waals surface area contributed by atoms with E-state index in [1.54, 1.807) is 31.2 Å². The first-order chi connectivity index (χ1) is 17.2. The van der Waals surface area contributed by atoms with Crippen LogP contribution in [0.1, 0.15) is 31.5 Å². The van der Waals surface area contributed by atoms with Crippen molar-refractivity contribution in [2.24, 2.45) is 11.7 Å². The molecule has 3 amide bonds. The van der Waals surface area contributed by atoms with Crippen LogP contribution < -0.4 is 21.7 Å². The number of amides is 3. The van der Waals surface area contributed by atoms with Gasteiger partial charge in [0.05, 0.1) is 12.4 Å². The number of aliphatic carboxylic acids is 1. The van der Waals surface area contributed by atoms with E-state index in [2.05, 4.69) is 38.5 Å². The fourth-order valence-electron chi connectivity index (χ4n) is 3.46. The summed E-state index contributed by atoms with van der Waals surface area (Å²) in [6, 6.07) is 4.80. The van der Waals surface area contributed by atoms with E-state index in [9.17, 15) is 24.3 Å². The number of rotatable bonds is 14. The summed E-state index contributed by atoms with van der Waals surface area (Å²) < 4.78 is 0. The van der Waals surface area contributed by atoms with Gasteiger partial charge in [0.1, 0.15) is 18.1 Å². The molecule has 0 aliphatic heterocycles. The topological polar surface area (TPSA) is 179 Å². The Hall–Kier alpha value is -3.38. The fourth-order valence-corrected chi connectivity index (χ4v) is 3.62. The molecule has 1 heterocycles. The second kappa shape index (κ2) is 14.2. The number of hydrogen-bond acceptors (Lipinski definition) is 7. The monoisotopic (exact) mass is 518 g/mol. The Morgan fingerprint density at radius 3 is 2.19 bits per heavy atom. The van der Waals surface area contributed by atoms with Gasteiger partial charge in [-0.05, 0) is 11.5 Å². The highest BCUT2D eigenvalue weighted by molar-refractivity contribution is 7.80. The molecule has 196 valence electrons. The SMILES string of the molecule is CCC(C)C(NC(=O)C(Cc1ccccc1)NC(=O)C(Cc1cnc[nH]1)NC(=O)C(N)CS)C(=O)O. The molecule has 5 atom stereocenters. The predicted octanol–water partition coefficient (Wildman–Crippen LogP) is 0.0371. The molecule has 5 unspecified atom stereocenters. The lowest BCUT2D eigenvalue weighted by molar-refractivity contribution is -0.143. The van der Waals surface area contributed by atoms with Crippen LogP contribution in [0.25, 0.3) is 0 Å². The van der Waals surface area contributed by atoms with E-state index in [4.69, 9.17) is 5.73 Å². The number of nitrogens with zero attached hydrogens (tertiary/aromatic N) is 1. The lowest BCUT2D eigenvalue weighted by Crippen LogP contribution is -2.58. The van der Waals surface area contributed by atoms with E-state index < -0.39 is 47.9 Å². The Morgan fingerprint density at radius 1 is 1.03 bits per heavy atom. The minimum Gasteiger partial charge on any atom is -0.480 e. The van der Waals surface area contributed by atoms with Crippen LogP contribution >= 0.6 is 12.6 Å². The first kappa shape index (κ1) is 28.9. The lowest BCUT2D eigenvalue weighted by atomic mass is 9.98. The molecule has 36 heavy (non-hydrogen) atoms. The largest absolute Gasteiger partial charge is 0.480 e. The van der Waals surface area contributed by atoms with Crippen LogP contribution in [-0.4, -0.2) is 68.7 Å². The van der Waals surface area contributed by atoms with Gasteiger partial charge in [-0.1, -0.05) is 50.6 Å². The Labute approximate surface area is 215 Å². The lowest BCUT2D eigenvalue weighted by Gasteiger charge is -2.26. The van der Waals surface area contributed by atoms with Gasteiger partial charge in [-0.25, -0.2) is 9.78 Å². The highest BCUT2D eigenvalue weighted by atomic mass is 32.1. The average Bonchev–Trinajstić information content (AvgIpc) is 3.38. The van der Waals surface area contributed by atoms with Crippen molar-refractivity contribution >= 4 is 36.3 Å². The summed E-state index contributed by atoms with van der Waals surface area (Å²) in [5.74, 6) is -3.25. The summed E-state index contributed by atoms with van der Waals surface area (Å²) in [7, 11) is 0. The maximum absolute atomic E-state index is 13.3. The zero-order chi connectivity index (χ0) is 26.7. The molecule has 0 bridgehead atoms. The maximum atomic E-state index is 13.3. The molecule has 7 N–H and O–H groups in total. The zero-order valence-corrected chi connectivity index (χ0v) is 21.2. The minimum atomic E-state index is -1.16. The van der Waals surface area contributed by atoms with Gasteiger partial charge in [-0.15, -0.1) is 0 Å². The summed E-state index contributed by atoms with van der Waals surface area (Å²) in [5.41, 5.74) is 7.10. The number of benzene rings is 1. The van der Waals surface area contributed by atoms with Gasteiger partial charge in [0.2, 0.25) is 17.7 Å². The summed E-state index contributed by atoms with van der Waals surface area (Å²) in [5, 5.41) is 17.5. The molecule has 2 rings (SSSR count). The maximum Gasteiger partial charge on any atom is 0.326 e. The fraction of sp³-hybridized carbons (Fsp3) is 0.458. The van der Waals surface area contributed by atoms with E-state index >= 15 is 0 Å². The van der Waals surface area contributed by atoms with Crippen LogP contribution in [0.5, 0.6) is 0 Å². The smallest absolute Gasteiger partial charge is 0.326 e. The van der Waals surface area contributed by atoms with Crippen LogP contribution in [0.15, 0.2) is 42.9 Å². The summed E-state index contributed by atoms with van der Waals surface area (Å²) in [6.45, 7) is 3.55. The van der Waals surface area contributed by atoms with Gasteiger partial charge in [0, 0.05) is 30.5 Å². The molecule has 1 aromatic heterocycles. The van der Waals surface area contributed by atoms with Gasteiger partial charge < -0.3 is 31.8 Å². The first-order valence-corrected chi connectivity index (χ1v) is 12.3. The molecule has 0 saturated heterocycles. The number of imidazole rings is 1. The van der Waals surface area contributed by atoms with E-state index in [1.165, 1.54) is 12.5 Å². The molecule has 0 spiro atoms. The third kappa shape index (κ3) is 8.68. The molecule has 0 aliphatic carbocycles. The number of nitrogens with two attached hydrogens (primary N) is 1. The Morgan fingerprint density at radius 2 is 1.64 bits per heavy atom. The number of thiol groups is 1. The Balaban J connectivity index is 2.28. The Bertz CT molecular complexity index is 1000. The van der Waals surface area contributed by atoms with Crippen molar-refractivity contribution in [3.63, 3.8) is 0 Å². The molecular weight excluding hydrogens is 484 g/mol. The second-order valence-electron chi connectivity index (χ2n) is 8.59. The number of carbonyl (C=O) groups excluding carboxylic acids is 3. The summed E-state index contributed by atoms with van der Waals surface area (Å²) in [4.78, 5) is 57.5. The molecular formula is C24H34N6O5S. The molecule has 2 aromatic rings.